The van der Waals surface area contributed by atoms with E-state index in [1.54, 1.807) is 12.1 Å². The Morgan fingerprint density at radius 2 is 1.95 bits per heavy atom. The molecule has 2 rings (SSSR count). The molecule has 1 amide bonds. The summed E-state index contributed by atoms with van der Waals surface area (Å²) in [6, 6.07) is 9.17. The number of carbonyl (C=O) groups is 1. The second-order valence-electron chi connectivity index (χ2n) is 4.37. The molecule has 0 unspecified atom stereocenters. The minimum Gasteiger partial charge on any atom is -0.505 e. The third-order valence-electron chi connectivity index (χ3n) is 3.05. The van der Waals surface area contributed by atoms with E-state index in [2.05, 4.69) is 5.32 Å². The van der Waals surface area contributed by atoms with E-state index in [0.717, 1.165) is 17.2 Å². The third kappa shape index (κ3) is 2.73. The van der Waals surface area contributed by atoms with Crippen LogP contribution in [0.4, 0.5) is 10.1 Å². The van der Waals surface area contributed by atoms with Crippen LogP contribution in [0.3, 0.4) is 0 Å². The molecule has 3 nitrogen and oxygen atoms in total. The van der Waals surface area contributed by atoms with Gasteiger partial charge in [-0.2, -0.15) is 0 Å². The smallest absolute Gasteiger partial charge is 0.255 e. The van der Waals surface area contributed by atoms with E-state index in [1.165, 1.54) is 12.1 Å². The van der Waals surface area contributed by atoms with Gasteiger partial charge in [0.05, 0.1) is 0 Å². The van der Waals surface area contributed by atoms with Crippen molar-refractivity contribution in [3.05, 3.63) is 58.9 Å². The Balaban J connectivity index is 2.26. The molecule has 98 valence electrons. The van der Waals surface area contributed by atoms with Gasteiger partial charge in [-0.25, -0.2) is 4.39 Å². The van der Waals surface area contributed by atoms with Gasteiger partial charge >= 0.3 is 0 Å². The summed E-state index contributed by atoms with van der Waals surface area (Å²) in [5.41, 5.74) is 2.76. The van der Waals surface area contributed by atoms with Crippen LogP contribution >= 0.6 is 0 Å². The quantitative estimate of drug-likeness (QED) is 0.812. The molecule has 0 aliphatic rings. The maximum Gasteiger partial charge on any atom is 0.255 e. The van der Waals surface area contributed by atoms with Gasteiger partial charge in [-0.3, -0.25) is 4.79 Å². The average molecular weight is 259 g/mol. The van der Waals surface area contributed by atoms with Crippen molar-refractivity contribution in [2.75, 3.05) is 5.32 Å². The molecule has 0 radical (unpaired) electrons. The van der Waals surface area contributed by atoms with E-state index >= 15 is 0 Å². The lowest BCUT2D eigenvalue weighted by molar-refractivity contribution is 0.102. The lowest BCUT2D eigenvalue weighted by Gasteiger charge is -2.09. The number of carbonyl (C=O) groups excluding carboxylic acids is 1. The van der Waals surface area contributed by atoms with E-state index in [1.807, 2.05) is 19.9 Å². The largest absolute Gasteiger partial charge is 0.505 e. The van der Waals surface area contributed by atoms with E-state index in [0.29, 0.717) is 11.3 Å². The van der Waals surface area contributed by atoms with Crippen LogP contribution in [-0.4, -0.2) is 11.0 Å². The van der Waals surface area contributed by atoms with Crippen molar-refractivity contribution in [3.8, 4) is 5.75 Å². The van der Waals surface area contributed by atoms with Crippen LogP contribution in [0.15, 0.2) is 36.4 Å². The molecule has 0 saturated carbocycles. The molecule has 2 aromatic carbocycles. The summed E-state index contributed by atoms with van der Waals surface area (Å²) in [6.07, 6.45) is 0. The van der Waals surface area contributed by atoms with Gasteiger partial charge in [-0.15, -0.1) is 0 Å². The van der Waals surface area contributed by atoms with Crippen LogP contribution in [0.1, 0.15) is 21.5 Å². The molecule has 19 heavy (non-hydrogen) atoms. The predicted molar refractivity (Wildman–Crippen MR) is 71.9 cm³/mol. The van der Waals surface area contributed by atoms with Crippen LogP contribution in [0.25, 0.3) is 0 Å². The molecule has 0 aromatic heterocycles. The maximum atomic E-state index is 13.2. The van der Waals surface area contributed by atoms with E-state index < -0.39 is 11.6 Å². The lowest BCUT2D eigenvalue weighted by atomic mass is 10.0. The Morgan fingerprint density at radius 3 is 2.63 bits per heavy atom. The summed E-state index contributed by atoms with van der Waals surface area (Å²) >= 11 is 0. The second kappa shape index (κ2) is 5.10. The van der Waals surface area contributed by atoms with Crippen molar-refractivity contribution in [2.45, 2.75) is 13.8 Å². The molecule has 0 saturated heterocycles. The highest BCUT2D eigenvalue weighted by atomic mass is 19.1. The molecule has 0 spiro atoms. The van der Waals surface area contributed by atoms with Crippen molar-refractivity contribution in [1.29, 1.82) is 0 Å². The van der Waals surface area contributed by atoms with Gasteiger partial charge in [0.15, 0.2) is 11.6 Å². The number of nitrogens with one attached hydrogen (secondary N) is 1. The molecular formula is C15H14FNO2. The van der Waals surface area contributed by atoms with E-state index in [9.17, 15) is 9.18 Å². The first-order chi connectivity index (χ1) is 8.99. The fourth-order valence-corrected chi connectivity index (χ4v) is 1.78. The number of anilines is 1. The number of amides is 1. The number of aromatic hydroxyl groups is 1. The van der Waals surface area contributed by atoms with Gasteiger partial charge in [0, 0.05) is 17.3 Å². The highest BCUT2D eigenvalue weighted by molar-refractivity contribution is 6.05. The van der Waals surface area contributed by atoms with Gasteiger partial charge < -0.3 is 10.4 Å². The highest BCUT2D eigenvalue weighted by Crippen LogP contribution is 2.21. The van der Waals surface area contributed by atoms with Crippen LogP contribution < -0.4 is 5.32 Å². The van der Waals surface area contributed by atoms with E-state index in [4.69, 9.17) is 5.11 Å². The number of hydrogen-bond acceptors (Lipinski definition) is 2. The topological polar surface area (TPSA) is 49.3 Å². The first-order valence-electron chi connectivity index (χ1n) is 5.85. The van der Waals surface area contributed by atoms with Gasteiger partial charge in [0.25, 0.3) is 5.91 Å². The van der Waals surface area contributed by atoms with Crippen LogP contribution in [0.2, 0.25) is 0 Å². The minimum atomic E-state index is -0.765. The second-order valence-corrected chi connectivity index (χ2v) is 4.37. The lowest BCUT2D eigenvalue weighted by Crippen LogP contribution is -2.13. The number of phenols is 1. The van der Waals surface area contributed by atoms with Gasteiger partial charge in [0.2, 0.25) is 0 Å². The van der Waals surface area contributed by atoms with Crippen molar-refractivity contribution in [3.63, 3.8) is 0 Å². The number of aryl methyl sites for hydroxylation is 1. The minimum absolute atomic E-state index is 0.300. The molecule has 0 aliphatic heterocycles. The zero-order valence-corrected chi connectivity index (χ0v) is 10.7. The molecule has 0 aliphatic carbocycles. The predicted octanol–water partition coefficient (Wildman–Crippen LogP) is 3.40. The average Bonchev–Trinajstić information content (AvgIpc) is 2.37. The Hall–Kier alpha value is -2.36. The van der Waals surface area contributed by atoms with Crippen molar-refractivity contribution in [2.24, 2.45) is 0 Å². The summed E-state index contributed by atoms with van der Waals surface area (Å²) in [6.45, 7) is 3.79. The molecule has 0 atom stereocenters. The molecule has 2 N–H and O–H groups in total. The SMILES string of the molecule is Cc1cccc(C(=O)Nc2ccc(O)c(F)c2)c1C. The van der Waals surface area contributed by atoms with Crippen LogP contribution in [0, 0.1) is 19.7 Å². The first-order valence-corrected chi connectivity index (χ1v) is 5.85. The molecule has 0 bridgehead atoms. The fourth-order valence-electron chi connectivity index (χ4n) is 1.78. The van der Waals surface area contributed by atoms with Gasteiger partial charge in [0.1, 0.15) is 0 Å². The monoisotopic (exact) mass is 259 g/mol. The summed E-state index contributed by atoms with van der Waals surface area (Å²) in [4.78, 5) is 12.1. The van der Waals surface area contributed by atoms with Crippen LogP contribution in [-0.2, 0) is 0 Å². The third-order valence-corrected chi connectivity index (χ3v) is 3.05. The van der Waals surface area contributed by atoms with Crippen molar-refractivity contribution >= 4 is 11.6 Å². The normalized spacial score (nSPS) is 10.3. The Morgan fingerprint density at radius 1 is 1.21 bits per heavy atom. The molecular weight excluding hydrogens is 245 g/mol. The maximum absolute atomic E-state index is 13.2. The Bertz CT molecular complexity index is 638. The van der Waals surface area contributed by atoms with Crippen LogP contribution in [0.5, 0.6) is 5.75 Å². The Kier molecular flexibility index (Phi) is 3.51. The number of hydrogen-bond donors (Lipinski definition) is 2. The number of rotatable bonds is 2. The first kappa shape index (κ1) is 13.1. The number of halogens is 1. The Labute approximate surface area is 110 Å². The van der Waals surface area contributed by atoms with Gasteiger partial charge in [-0.1, -0.05) is 12.1 Å². The number of phenolic OH excluding ortho intramolecular Hbond substituents is 1. The number of benzene rings is 2. The standard InChI is InChI=1S/C15H14FNO2/c1-9-4-3-5-12(10(9)2)15(19)17-11-6-7-14(18)13(16)8-11/h3-8,18H,1-2H3,(H,17,19). The molecule has 4 heteroatoms. The summed E-state index contributed by atoms with van der Waals surface area (Å²) < 4.78 is 13.2. The summed E-state index contributed by atoms with van der Waals surface area (Å²) in [5.74, 6) is -1.50. The van der Waals surface area contributed by atoms with Crippen molar-refractivity contribution < 1.29 is 14.3 Å². The molecule has 0 heterocycles. The zero-order valence-electron chi connectivity index (χ0n) is 10.7. The fraction of sp³-hybridized carbons (Fsp3) is 0.133. The molecule has 0 fully saturated rings. The molecule has 2 aromatic rings. The summed E-state index contributed by atoms with van der Waals surface area (Å²) in [7, 11) is 0. The summed E-state index contributed by atoms with van der Waals surface area (Å²) in [5, 5.41) is 11.7. The van der Waals surface area contributed by atoms with Crippen molar-refractivity contribution in [1.82, 2.24) is 0 Å². The highest BCUT2D eigenvalue weighted by Gasteiger charge is 2.11. The van der Waals surface area contributed by atoms with Gasteiger partial charge in [-0.05, 0) is 43.2 Å². The van der Waals surface area contributed by atoms with E-state index in [-0.39, 0.29) is 5.91 Å². The zero-order chi connectivity index (χ0) is 14.0.